The first-order valence-corrected chi connectivity index (χ1v) is 10.3. The second-order valence-electron chi connectivity index (χ2n) is 6.93. The summed E-state index contributed by atoms with van der Waals surface area (Å²) in [6.07, 6.45) is -2.13. The smallest absolute Gasteiger partial charge is 0.417 e. The van der Waals surface area contributed by atoms with E-state index in [0.29, 0.717) is 17.1 Å². The number of nitrogens with zero attached hydrogens (tertiary/aromatic N) is 1. The number of ether oxygens (including phenoxy) is 1. The van der Waals surface area contributed by atoms with Crippen molar-refractivity contribution in [2.75, 3.05) is 11.9 Å². The van der Waals surface area contributed by atoms with Gasteiger partial charge in [0.2, 0.25) is 5.91 Å². The van der Waals surface area contributed by atoms with Gasteiger partial charge in [0, 0.05) is 17.5 Å². The van der Waals surface area contributed by atoms with Gasteiger partial charge in [-0.05, 0) is 35.7 Å². The van der Waals surface area contributed by atoms with Crippen LogP contribution in [-0.2, 0) is 23.8 Å². The molecule has 0 fully saturated rings. The molecule has 0 aliphatic carbocycles. The van der Waals surface area contributed by atoms with E-state index in [-0.39, 0.29) is 29.9 Å². The Balaban J connectivity index is 1.41. The molecule has 1 amide bonds. The maximum atomic E-state index is 13.0. The van der Waals surface area contributed by atoms with Gasteiger partial charge in [0.05, 0.1) is 16.5 Å². The van der Waals surface area contributed by atoms with E-state index in [1.54, 1.807) is 12.3 Å². The highest BCUT2D eigenvalue weighted by molar-refractivity contribution is 7.15. The molecule has 0 saturated carbocycles. The van der Waals surface area contributed by atoms with E-state index < -0.39 is 11.7 Å². The van der Waals surface area contributed by atoms with Gasteiger partial charge < -0.3 is 10.1 Å². The summed E-state index contributed by atoms with van der Waals surface area (Å²) in [4.78, 5) is 17.5. The van der Waals surface area contributed by atoms with E-state index in [1.165, 1.54) is 17.4 Å². The summed E-state index contributed by atoms with van der Waals surface area (Å²) < 4.78 is 44.7. The SMILES string of the molecule is O=C(Nc1ncc(Cc2ccc(Cl)c(C(F)(F)F)c2)s1)[C@H]1COc2ccccc2C1. The number of hydrogen-bond acceptors (Lipinski definition) is 4. The zero-order chi connectivity index (χ0) is 21.3. The molecule has 0 unspecified atom stereocenters. The molecule has 4 nitrogen and oxygen atoms in total. The lowest BCUT2D eigenvalue weighted by atomic mass is 9.96. The Morgan fingerprint density at radius 2 is 2.07 bits per heavy atom. The summed E-state index contributed by atoms with van der Waals surface area (Å²) in [6.45, 7) is 0.284. The van der Waals surface area contributed by atoms with Crippen molar-refractivity contribution < 1.29 is 22.7 Å². The van der Waals surface area contributed by atoms with Crippen molar-refractivity contribution >= 4 is 34.0 Å². The molecular weight excluding hydrogens is 437 g/mol. The molecule has 1 aliphatic rings. The number of aromatic nitrogens is 1. The zero-order valence-electron chi connectivity index (χ0n) is 15.5. The topological polar surface area (TPSA) is 51.2 Å². The Morgan fingerprint density at radius 1 is 1.27 bits per heavy atom. The number of amides is 1. The summed E-state index contributed by atoms with van der Waals surface area (Å²) in [5.41, 5.74) is 0.578. The third-order valence-corrected chi connectivity index (χ3v) is 5.99. The Bertz CT molecular complexity index is 1080. The van der Waals surface area contributed by atoms with E-state index in [1.807, 2.05) is 24.3 Å². The van der Waals surface area contributed by atoms with Gasteiger partial charge in [-0.2, -0.15) is 13.2 Å². The van der Waals surface area contributed by atoms with Crippen LogP contribution in [-0.4, -0.2) is 17.5 Å². The van der Waals surface area contributed by atoms with E-state index >= 15 is 0 Å². The molecule has 9 heteroatoms. The first kappa shape index (κ1) is 20.7. The van der Waals surface area contributed by atoms with Gasteiger partial charge in [-0.1, -0.05) is 35.9 Å². The molecule has 0 spiro atoms. The standard InChI is InChI=1S/C21H16ClF3N2O2S/c22-17-6-5-12(8-16(17)21(23,24)25)7-15-10-26-20(30-15)27-19(28)14-9-13-3-1-2-4-18(13)29-11-14/h1-6,8,10,14H,7,9,11H2,(H,26,27,28)/t14-/m1/s1. The third kappa shape index (κ3) is 4.60. The van der Waals surface area contributed by atoms with Crippen LogP contribution in [0, 0.1) is 5.92 Å². The molecule has 4 rings (SSSR count). The zero-order valence-corrected chi connectivity index (χ0v) is 17.1. The van der Waals surface area contributed by atoms with Crippen LogP contribution in [0.4, 0.5) is 18.3 Å². The van der Waals surface area contributed by atoms with Crippen LogP contribution in [0.15, 0.2) is 48.7 Å². The molecule has 0 saturated heterocycles. The molecule has 1 N–H and O–H groups in total. The number of thiazole rings is 1. The van der Waals surface area contributed by atoms with Gasteiger partial charge in [0.15, 0.2) is 5.13 Å². The monoisotopic (exact) mass is 452 g/mol. The van der Waals surface area contributed by atoms with Crippen LogP contribution < -0.4 is 10.1 Å². The van der Waals surface area contributed by atoms with Gasteiger partial charge >= 0.3 is 6.18 Å². The number of carbonyl (C=O) groups is 1. The molecule has 1 aliphatic heterocycles. The lowest BCUT2D eigenvalue weighted by Crippen LogP contribution is -2.32. The molecule has 30 heavy (non-hydrogen) atoms. The quantitative estimate of drug-likeness (QED) is 0.561. The van der Waals surface area contributed by atoms with Crippen molar-refractivity contribution in [2.24, 2.45) is 5.92 Å². The Labute approximate surface area is 179 Å². The van der Waals surface area contributed by atoms with Crippen molar-refractivity contribution in [3.63, 3.8) is 0 Å². The predicted molar refractivity (Wildman–Crippen MR) is 109 cm³/mol. The lowest BCUT2D eigenvalue weighted by Gasteiger charge is -2.24. The fourth-order valence-electron chi connectivity index (χ4n) is 3.25. The number of anilines is 1. The number of hydrogen-bond donors (Lipinski definition) is 1. The van der Waals surface area contributed by atoms with Crippen LogP contribution in [0.25, 0.3) is 0 Å². The van der Waals surface area contributed by atoms with E-state index in [4.69, 9.17) is 16.3 Å². The van der Waals surface area contributed by atoms with Crippen LogP contribution in [0.5, 0.6) is 5.75 Å². The van der Waals surface area contributed by atoms with Gasteiger partial charge in [-0.15, -0.1) is 11.3 Å². The lowest BCUT2D eigenvalue weighted by molar-refractivity contribution is -0.137. The minimum Gasteiger partial charge on any atom is -0.492 e. The minimum atomic E-state index is -4.51. The largest absolute Gasteiger partial charge is 0.492 e. The molecule has 1 atom stereocenters. The summed E-state index contributed by atoms with van der Waals surface area (Å²) in [7, 11) is 0. The maximum Gasteiger partial charge on any atom is 0.417 e. The average molecular weight is 453 g/mol. The normalized spacial score (nSPS) is 15.9. The highest BCUT2D eigenvalue weighted by atomic mass is 35.5. The molecule has 0 radical (unpaired) electrons. The van der Waals surface area contributed by atoms with E-state index in [2.05, 4.69) is 10.3 Å². The highest BCUT2D eigenvalue weighted by Crippen LogP contribution is 2.36. The second-order valence-corrected chi connectivity index (χ2v) is 8.45. The van der Waals surface area contributed by atoms with Crippen LogP contribution in [0.2, 0.25) is 5.02 Å². The molecule has 2 heterocycles. The summed E-state index contributed by atoms with van der Waals surface area (Å²) in [6, 6.07) is 11.4. The van der Waals surface area contributed by atoms with E-state index in [9.17, 15) is 18.0 Å². The van der Waals surface area contributed by atoms with Gasteiger partial charge in [-0.3, -0.25) is 4.79 Å². The van der Waals surface area contributed by atoms with Gasteiger partial charge in [-0.25, -0.2) is 4.98 Å². The molecule has 1 aromatic heterocycles. The second kappa shape index (κ2) is 8.28. The number of alkyl halides is 3. The van der Waals surface area contributed by atoms with E-state index in [0.717, 1.165) is 22.3 Å². The summed E-state index contributed by atoms with van der Waals surface area (Å²) in [5.74, 6) is 0.258. The number of benzene rings is 2. The van der Waals surface area contributed by atoms with Crippen molar-refractivity contribution in [3.05, 3.63) is 75.3 Å². The summed E-state index contributed by atoms with van der Waals surface area (Å²) >= 11 is 6.89. The fourth-order valence-corrected chi connectivity index (χ4v) is 4.33. The Kier molecular flexibility index (Phi) is 5.71. The van der Waals surface area contributed by atoms with Crippen LogP contribution >= 0.6 is 22.9 Å². The predicted octanol–water partition coefficient (Wildman–Crippen LogP) is 5.60. The fraction of sp³-hybridized carbons (Fsp3) is 0.238. The van der Waals surface area contributed by atoms with Crippen molar-refractivity contribution in [1.29, 1.82) is 0 Å². The first-order chi connectivity index (χ1) is 14.3. The molecular formula is C21H16ClF3N2O2S. The number of rotatable bonds is 4. The van der Waals surface area contributed by atoms with Crippen LogP contribution in [0.1, 0.15) is 21.6 Å². The maximum absolute atomic E-state index is 13.0. The van der Waals surface area contributed by atoms with Gasteiger partial charge in [0.25, 0.3) is 0 Å². The Morgan fingerprint density at radius 3 is 2.87 bits per heavy atom. The molecule has 3 aromatic rings. The third-order valence-electron chi connectivity index (χ3n) is 4.75. The number of nitrogens with one attached hydrogen (secondary N) is 1. The number of fused-ring (bicyclic) bond motifs is 1. The average Bonchev–Trinajstić information content (AvgIpc) is 3.15. The minimum absolute atomic E-state index is 0.198. The van der Waals surface area contributed by atoms with Crippen molar-refractivity contribution in [2.45, 2.75) is 19.0 Å². The first-order valence-electron chi connectivity index (χ1n) is 9.11. The van der Waals surface area contributed by atoms with Crippen LogP contribution in [0.3, 0.4) is 0 Å². The Hall–Kier alpha value is -2.58. The molecule has 2 aromatic carbocycles. The molecule has 0 bridgehead atoms. The number of para-hydroxylation sites is 1. The molecule has 156 valence electrons. The van der Waals surface area contributed by atoms with Crippen molar-refractivity contribution in [1.82, 2.24) is 4.98 Å². The highest BCUT2D eigenvalue weighted by Gasteiger charge is 2.33. The van der Waals surface area contributed by atoms with Crippen molar-refractivity contribution in [3.8, 4) is 5.75 Å². The number of halogens is 4. The van der Waals surface area contributed by atoms with Gasteiger partial charge in [0.1, 0.15) is 12.4 Å². The number of carbonyl (C=O) groups excluding carboxylic acids is 1. The summed E-state index contributed by atoms with van der Waals surface area (Å²) in [5, 5.41) is 2.85.